The van der Waals surface area contributed by atoms with Crippen molar-refractivity contribution < 1.29 is 45.6 Å². The first-order valence-corrected chi connectivity index (χ1v) is 27.9. The van der Waals surface area contributed by atoms with Gasteiger partial charge in [-0.3, -0.25) is 28.8 Å². The molecule has 6 amide bonds. The van der Waals surface area contributed by atoms with Gasteiger partial charge in [-0.15, -0.1) is 0 Å². The summed E-state index contributed by atoms with van der Waals surface area (Å²) in [5.41, 5.74) is -0.0831. The zero-order valence-corrected chi connectivity index (χ0v) is 46.1. The van der Waals surface area contributed by atoms with Gasteiger partial charge in [0.05, 0.1) is 34.0 Å². The van der Waals surface area contributed by atoms with Gasteiger partial charge >= 0.3 is 0 Å². The molecule has 2 fully saturated rings. The highest BCUT2D eigenvalue weighted by atomic mass is 32.2. The molecule has 0 saturated carbocycles. The molecule has 3 aromatic rings. The first-order chi connectivity index (χ1) is 34.5. The van der Waals surface area contributed by atoms with Gasteiger partial charge in [-0.1, -0.05) is 108 Å². The fourth-order valence-electron chi connectivity index (χ4n) is 8.91. The summed E-state index contributed by atoms with van der Waals surface area (Å²) in [7, 11) is -5.90. The van der Waals surface area contributed by atoms with E-state index in [-0.39, 0.29) is 25.9 Å². The molecule has 0 unspecified atom stereocenters. The predicted octanol–water partition coefficient (Wildman–Crippen LogP) is 2.21. The van der Waals surface area contributed by atoms with Crippen LogP contribution in [0.25, 0.3) is 0 Å². The summed E-state index contributed by atoms with van der Waals surface area (Å²) in [6.45, 7) is 16.9. The average Bonchev–Trinajstić information content (AvgIpc) is 3.97. The normalized spacial score (nSPS) is 20.9. The summed E-state index contributed by atoms with van der Waals surface area (Å²) < 4.78 is 62.3. The van der Waals surface area contributed by atoms with Gasteiger partial charge in [-0.25, -0.2) is 26.3 Å². The molecule has 0 bridgehead atoms. The average molecular weight is 1070 g/mol. The summed E-state index contributed by atoms with van der Waals surface area (Å²) in [4.78, 5) is 85.4. The second-order valence-corrected chi connectivity index (χ2v) is 24.9. The smallest absolute Gasteiger partial charge is 0.246 e. The van der Waals surface area contributed by atoms with Crippen LogP contribution in [0, 0.1) is 10.8 Å². The topological polar surface area (TPSA) is 273 Å². The number of rotatable bonds is 20. The van der Waals surface area contributed by atoms with Crippen molar-refractivity contribution in [2.75, 3.05) is 27.2 Å². The number of hydrogen-bond donors (Lipinski definition) is 8. The highest BCUT2D eigenvalue weighted by Gasteiger charge is 2.48. The molecule has 3 aromatic carbocycles. The molecule has 20 nitrogen and oxygen atoms in total. The van der Waals surface area contributed by atoms with Gasteiger partial charge in [0.25, 0.3) is 0 Å². The van der Waals surface area contributed by atoms with Crippen molar-refractivity contribution in [3.8, 4) is 0 Å². The van der Waals surface area contributed by atoms with E-state index in [0.29, 0.717) is 0 Å². The Morgan fingerprint density at radius 2 is 0.851 bits per heavy atom. The van der Waals surface area contributed by atoms with Gasteiger partial charge in [-0.2, -0.15) is 0 Å². The SMILES string of the molecule is CN[C@@H](C)C(=O)N[C@H](C(=O)N1C[C@@H](NS(=O)(=O)c2cccc(S(=O)(=O)N[C@H]3C[C@@H](C(=O)N[C@H](C)c4ccccc4)N(C(=O)[C@@H](NC(=O)[C@H](C)NC)C(C)(C)C)C3)c2)C[C@H]1C(=O)N[C@H](C)c1ccccc1)C(C)(C)C. The van der Waals surface area contributed by atoms with Crippen LogP contribution in [0.3, 0.4) is 0 Å². The van der Waals surface area contributed by atoms with Crippen molar-refractivity contribution in [1.82, 2.24) is 51.1 Å². The minimum absolute atomic E-state index is 0.153. The molecule has 2 saturated heterocycles. The Hall–Kier alpha value is -5.78. The largest absolute Gasteiger partial charge is 0.348 e. The van der Waals surface area contributed by atoms with Crippen molar-refractivity contribution in [3.63, 3.8) is 0 Å². The van der Waals surface area contributed by atoms with E-state index < -0.39 is 137 Å². The number of likely N-dealkylation sites (N-methyl/N-ethyl adjacent to an activating group) is 2. The third-order valence-electron chi connectivity index (χ3n) is 13.6. The Bertz CT molecular complexity index is 2540. The van der Waals surface area contributed by atoms with Crippen molar-refractivity contribution in [2.24, 2.45) is 10.8 Å². The molecule has 2 heterocycles. The van der Waals surface area contributed by atoms with Gasteiger partial charge < -0.3 is 41.7 Å². The maximum Gasteiger partial charge on any atom is 0.246 e. The summed E-state index contributed by atoms with van der Waals surface area (Å²) in [5, 5.41) is 17.2. The van der Waals surface area contributed by atoms with E-state index in [1.807, 2.05) is 60.7 Å². The van der Waals surface area contributed by atoms with Crippen LogP contribution in [0.1, 0.15) is 105 Å². The van der Waals surface area contributed by atoms with Crippen molar-refractivity contribution in [3.05, 3.63) is 96.1 Å². The van der Waals surface area contributed by atoms with Crippen LogP contribution in [0.2, 0.25) is 0 Å². The molecule has 0 aliphatic carbocycles. The van der Waals surface area contributed by atoms with Gasteiger partial charge in [0.1, 0.15) is 24.2 Å². The summed E-state index contributed by atoms with van der Waals surface area (Å²) in [6, 6.07) is 14.1. The Morgan fingerprint density at radius 3 is 1.16 bits per heavy atom. The number of benzene rings is 3. The first-order valence-electron chi connectivity index (χ1n) is 24.9. The highest BCUT2D eigenvalue weighted by Crippen LogP contribution is 2.30. The number of likely N-dealkylation sites (tertiary alicyclic amines) is 2. The van der Waals surface area contributed by atoms with Gasteiger partial charge in [0, 0.05) is 25.2 Å². The summed E-state index contributed by atoms with van der Waals surface area (Å²) >= 11 is 0. The van der Waals surface area contributed by atoms with Gasteiger partial charge in [0.2, 0.25) is 55.5 Å². The lowest BCUT2D eigenvalue weighted by atomic mass is 9.85. The molecule has 10 atom stereocenters. The van der Waals surface area contributed by atoms with Crippen molar-refractivity contribution in [2.45, 2.75) is 152 Å². The van der Waals surface area contributed by atoms with Gasteiger partial charge in [0.15, 0.2) is 0 Å². The Kier molecular flexibility index (Phi) is 19.4. The van der Waals surface area contributed by atoms with Crippen LogP contribution >= 0.6 is 0 Å². The number of amides is 6. The molecule has 0 radical (unpaired) electrons. The van der Waals surface area contributed by atoms with Crippen molar-refractivity contribution >= 4 is 55.5 Å². The van der Waals surface area contributed by atoms with E-state index in [4.69, 9.17) is 0 Å². The quantitative estimate of drug-likeness (QED) is 0.0810. The third kappa shape index (κ3) is 14.7. The van der Waals surface area contributed by atoms with E-state index in [2.05, 4.69) is 41.3 Å². The molecule has 22 heteroatoms. The second kappa shape index (κ2) is 24.3. The molecule has 5 rings (SSSR count). The molecule has 0 spiro atoms. The lowest BCUT2D eigenvalue weighted by Gasteiger charge is -2.36. The van der Waals surface area contributed by atoms with Gasteiger partial charge in [-0.05, 0) is 94.8 Å². The van der Waals surface area contributed by atoms with Crippen LogP contribution in [-0.2, 0) is 48.8 Å². The molecule has 0 aromatic heterocycles. The van der Waals surface area contributed by atoms with Crippen molar-refractivity contribution in [1.29, 1.82) is 0 Å². The molecule has 8 N–H and O–H groups in total. The Labute approximate surface area is 436 Å². The minimum atomic E-state index is -4.55. The fourth-order valence-corrected chi connectivity index (χ4v) is 11.6. The van der Waals surface area contributed by atoms with Crippen LogP contribution in [0.4, 0.5) is 0 Å². The van der Waals surface area contributed by atoms with E-state index in [9.17, 15) is 45.6 Å². The fraction of sp³-hybridized carbons (Fsp3) is 0.538. The number of carbonyl (C=O) groups excluding carboxylic acids is 6. The number of nitrogens with zero attached hydrogens (tertiary/aromatic N) is 2. The molecular weight excluding hydrogens is 989 g/mol. The zero-order chi connectivity index (χ0) is 55.1. The highest BCUT2D eigenvalue weighted by molar-refractivity contribution is 7.90. The van der Waals surface area contributed by atoms with E-state index in [0.717, 1.165) is 17.2 Å². The lowest BCUT2D eigenvalue weighted by molar-refractivity contribution is -0.144. The number of sulfonamides is 2. The molecular formula is C52H76N10O10S2. The van der Waals surface area contributed by atoms with E-state index in [1.165, 1.54) is 28.0 Å². The van der Waals surface area contributed by atoms with E-state index >= 15 is 0 Å². The number of carbonyl (C=O) groups is 6. The predicted molar refractivity (Wildman–Crippen MR) is 281 cm³/mol. The maximum absolute atomic E-state index is 14.6. The molecule has 2 aliphatic heterocycles. The summed E-state index contributed by atoms with van der Waals surface area (Å²) in [5.74, 6) is -3.18. The zero-order valence-electron chi connectivity index (χ0n) is 44.5. The molecule has 2 aliphatic rings. The van der Waals surface area contributed by atoms with Crippen LogP contribution in [-0.4, -0.2) is 138 Å². The van der Waals surface area contributed by atoms with Crippen LogP contribution in [0.15, 0.2) is 94.7 Å². The third-order valence-corrected chi connectivity index (χ3v) is 16.6. The second-order valence-electron chi connectivity index (χ2n) is 21.5. The molecule has 74 heavy (non-hydrogen) atoms. The van der Waals surface area contributed by atoms with Crippen LogP contribution < -0.4 is 41.3 Å². The lowest BCUT2D eigenvalue weighted by Crippen LogP contribution is -2.59. The van der Waals surface area contributed by atoms with Crippen LogP contribution in [0.5, 0.6) is 0 Å². The first kappa shape index (κ1) is 59.1. The number of hydrogen-bond acceptors (Lipinski definition) is 12. The Balaban J connectivity index is 1.41. The maximum atomic E-state index is 14.6. The monoisotopic (exact) mass is 1060 g/mol. The van der Waals surface area contributed by atoms with E-state index in [1.54, 1.807) is 83.3 Å². The minimum Gasteiger partial charge on any atom is -0.348 e. The Morgan fingerprint density at radius 1 is 0.514 bits per heavy atom. The molecule has 406 valence electrons. The number of nitrogens with one attached hydrogen (secondary N) is 8. The summed E-state index contributed by atoms with van der Waals surface area (Å²) in [6.07, 6.45) is -0.306. The standard InChI is InChI=1S/C52H76N10O10S2/c1-31(35-20-15-13-16-21-35)55-47(65)41-26-37(29-61(41)49(67)43(51(5,6)7)57-45(63)33(3)53-11)59-73(69,70)39-24-19-25-40(28-39)74(71,72)60-38-27-42(48(66)56-32(2)36-22-17-14-18-23-36)62(30-38)50(68)44(52(8,9)10)58-46(64)34(4)54-12/h13-25,28,31-34,37-38,41-44,53-54,59-60H,26-27,29-30H2,1-12H3,(H,55,65)(H,56,66)(H,57,63)(H,58,64)/t31-,32-,33+,34+,37+,38+,41+,42+,43-,44-/m1/s1.